The Bertz CT molecular complexity index is 558. The number of benzene rings is 1. The van der Waals surface area contributed by atoms with Crippen molar-refractivity contribution in [2.75, 3.05) is 45.8 Å². The molecule has 1 fully saturated rings. The highest BCUT2D eigenvalue weighted by atomic mass is 127. The summed E-state index contributed by atoms with van der Waals surface area (Å²) in [5.41, 5.74) is 2.82. The Balaban J connectivity index is 0.00000338. The smallest absolute Gasteiger partial charge is 0.191 e. The molecule has 0 spiro atoms. The molecule has 1 saturated carbocycles. The number of guanidine groups is 1. The van der Waals surface area contributed by atoms with Crippen molar-refractivity contribution in [2.24, 2.45) is 10.4 Å². The van der Waals surface area contributed by atoms with Gasteiger partial charge in [-0.1, -0.05) is 18.6 Å². The van der Waals surface area contributed by atoms with E-state index in [2.05, 4.69) is 60.8 Å². The first-order chi connectivity index (χ1) is 12.1. The molecule has 2 rings (SSSR count). The summed E-state index contributed by atoms with van der Waals surface area (Å²) in [6.45, 7) is 5.47. The highest BCUT2D eigenvalue weighted by Gasteiger charge is 2.36. The largest absolute Gasteiger partial charge is 0.385 e. The zero-order chi connectivity index (χ0) is 18.1. The molecular weight excluding hydrogens is 439 g/mol. The van der Waals surface area contributed by atoms with Crippen LogP contribution in [0.4, 0.5) is 5.69 Å². The fourth-order valence-electron chi connectivity index (χ4n) is 3.23. The molecule has 6 heteroatoms. The van der Waals surface area contributed by atoms with Crippen LogP contribution in [0.5, 0.6) is 0 Å². The van der Waals surface area contributed by atoms with E-state index in [4.69, 9.17) is 9.73 Å². The van der Waals surface area contributed by atoms with E-state index >= 15 is 0 Å². The summed E-state index contributed by atoms with van der Waals surface area (Å²) in [5.74, 6) is 0.904. The molecule has 0 heterocycles. The van der Waals surface area contributed by atoms with Gasteiger partial charge in [0.1, 0.15) is 0 Å². The number of ether oxygens (including phenoxy) is 1. The average Bonchev–Trinajstić information content (AvgIpc) is 2.58. The lowest BCUT2D eigenvalue weighted by atomic mass is 9.67. The zero-order valence-electron chi connectivity index (χ0n) is 16.7. The molecule has 0 aliphatic heterocycles. The number of aliphatic imine (C=N–C) groups is 1. The highest BCUT2D eigenvalue weighted by molar-refractivity contribution is 14.0. The Morgan fingerprint density at radius 3 is 2.62 bits per heavy atom. The summed E-state index contributed by atoms with van der Waals surface area (Å²) in [6, 6.07) is 8.53. The summed E-state index contributed by atoms with van der Waals surface area (Å²) in [7, 11) is 5.91. The standard InChI is InChI=1S/C20H34N4O.HI/c1-5-21-19(23-16-20(10-7-11-20)12-13-25-4)22-15-17-8-6-9-18(14-17)24(2)3;/h6,8-9,14H,5,7,10-13,15-16H2,1-4H3,(H2,21,22,23);1H. The SMILES string of the molecule is CCNC(=NCc1cccc(N(C)C)c1)NCC1(CCOC)CCC1.I. The van der Waals surface area contributed by atoms with Crippen LogP contribution in [0.1, 0.15) is 38.2 Å². The molecule has 0 aromatic heterocycles. The lowest BCUT2D eigenvalue weighted by Gasteiger charge is -2.42. The third-order valence-electron chi connectivity index (χ3n) is 5.07. The summed E-state index contributed by atoms with van der Waals surface area (Å²) in [4.78, 5) is 6.89. The first-order valence-electron chi connectivity index (χ1n) is 9.36. The van der Waals surface area contributed by atoms with Crippen LogP contribution in [0.15, 0.2) is 29.3 Å². The van der Waals surface area contributed by atoms with Gasteiger partial charge in [0.05, 0.1) is 6.54 Å². The molecule has 1 aliphatic rings. The monoisotopic (exact) mass is 474 g/mol. The van der Waals surface area contributed by atoms with Crippen LogP contribution in [-0.4, -0.2) is 46.9 Å². The Morgan fingerprint density at radius 1 is 1.27 bits per heavy atom. The molecule has 0 atom stereocenters. The van der Waals surface area contributed by atoms with E-state index in [0.717, 1.165) is 32.1 Å². The molecule has 1 aromatic carbocycles. The van der Waals surface area contributed by atoms with E-state index in [1.54, 1.807) is 7.11 Å². The number of anilines is 1. The zero-order valence-corrected chi connectivity index (χ0v) is 19.0. The molecule has 1 aliphatic carbocycles. The van der Waals surface area contributed by atoms with Gasteiger partial charge >= 0.3 is 0 Å². The van der Waals surface area contributed by atoms with Gasteiger partial charge in [0.15, 0.2) is 5.96 Å². The fourth-order valence-corrected chi connectivity index (χ4v) is 3.23. The van der Waals surface area contributed by atoms with Crippen molar-refractivity contribution in [1.29, 1.82) is 0 Å². The second-order valence-corrected chi connectivity index (χ2v) is 7.21. The van der Waals surface area contributed by atoms with E-state index < -0.39 is 0 Å². The summed E-state index contributed by atoms with van der Waals surface area (Å²) in [5, 5.41) is 6.92. The van der Waals surface area contributed by atoms with Crippen LogP contribution in [0.25, 0.3) is 0 Å². The number of methoxy groups -OCH3 is 1. The van der Waals surface area contributed by atoms with Crippen molar-refractivity contribution in [3.05, 3.63) is 29.8 Å². The maximum Gasteiger partial charge on any atom is 0.191 e. The third kappa shape index (κ3) is 6.95. The Labute approximate surface area is 176 Å². The number of hydrogen-bond donors (Lipinski definition) is 2. The number of halogens is 1. The van der Waals surface area contributed by atoms with Crippen LogP contribution in [0, 0.1) is 5.41 Å². The van der Waals surface area contributed by atoms with Crippen LogP contribution < -0.4 is 15.5 Å². The summed E-state index contributed by atoms with van der Waals surface area (Å²) in [6.07, 6.45) is 5.03. The summed E-state index contributed by atoms with van der Waals surface area (Å²) < 4.78 is 5.29. The summed E-state index contributed by atoms with van der Waals surface area (Å²) >= 11 is 0. The first-order valence-corrected chi connectivity index (χ1v) is 9.36. The molecule has 0 amide bonds. The van der Waals surface area contributed by atoms with Gasteiger partial charge in [-0.25, -0.2) is 4.99 Å². The van der Waals surface area contributed by atoms with Gasteiger partial charge in [-0.2, -0.15) is 0 Å². The van der Waals surface area contributed by atoms with Crippen molar-refractivity contribution >= 4 is 35.6 Å². The normalized spacial score (nSPS) is 15.6. The molecule has 0 unspecified atom stereocenters. The van der Waals surface area contributed by atoms with E-state index in [1.807, 2.05) is 0 Å². The molecule has 0 bridgehead atoms. The topological polar surface area (TPSA) is 48.9 Å². The molecule has 5 nitrogen and oxygen atoms in total. The average molecular weight is 474 g/mol. The predicted molar refractivity (Wildman–Crippen MR) is 122 cm³/mol. The maximum absolute atomic E-state index is 5.29. The van der Waals surface area contributed by atoms with E-state index in [0.29, 0.717) is 12.0 Å². The first kappa shape index (κ1) is 23.0. The van der Waals surface area contributed by atoms with Gasteiger partial charge in [0, 0.05) is 46.6 Å². The van der Waals surface area contributed by atoms with Gasteiger partial charge in [-0.15, -0.1) is 24.0 Å². The van der Waals surface area contributed by atoms with Gasteiger partial charge in [-0.05, 0) is 49.3 Å². The van der Waals surface area contributed by atoms with Crippen LogP contribution in [-0.2, 0) is 11.3 Å². The molecule has 2 N–H and O–H groups in total. The maximum atomic E-state index is 5.29. The number of rotatable bonds is 9. The van der Waals surface area contributed by atoms with E-state index in [-0.39, 0.29) is 24.0 Å². The molecule has 0 saturated heterocycles. The fraction of sp³-hybridized carbons (Fsp3) is 0.650. The molecule has 0 radical (unpaired) electrons. The third-order valence-corrected chi connectivity index (χ3v) is 5.07. The minimum Gasteiger partial charge on any atom is -0.385 e. The predicted octanol–water partition coefficient (Wildman–Crippen LogP) is 3.63. The Kier molecular flexibility index (Phi) is 10.3. The van der Waals surface area contributed by atoms with Crippen molar-refractivity contribution < 1.29 is 4.74 Å². The van der Waals surface area contributed by atoms with E-state index in [9.17, 15) is 0 Å². The van der Waals surface area contributed by atoms with E-state index in [1.165, 1.54) is 30.5 Å². The van der Waals surface area contributed by atoms with Gasteiger partial charge in [0.2, 0.25) is 0 Å². The number of nitrogens with zero attached hydrogens (tertiary/aromatic N) is 2. The Morgan fingerprint density at radius 2 is 2.04 bits per heavy atom. The van der Waals surface area contributed by atoms with Crippen molar-refractivity contribution in [2.45, 2.75) is 39.2 Å². The number of hydrogen-bond acceptors (Lipinski definition) is 3. The van der Waals surface area contributed by atoms with Crippen molar-refractivity contribution in [3.8, 4) is 0 Å². The minimum absolute atomic E-state index is 0. The van der Waals surface area contributed by atoms with Crippen molar-refractivity contribution in [3.63, 3.8) is 0 Å². The number of nitrogens with one attached hydrogen (secondary N) is 2. The lowest BCUT2D eigenvalue weighted by molar-refractivity contribution is 0.0732. The molecule has 26 heavy (non-hydrogen) atoms. The van der Waals surface area contributed by atoms with Crippen LogP contribution in [0.3, 0.4) is 0 Å². The minimum atomic E-state index is 0. The molecule has 148 valence electrons. The van der Waals surface area contributed by atoms with Gasteiger partial charge < -0.3 is 20.3 Å². The van der Waals surface area contributed by atoms with Crippen LogP contribution in [0.2, 0.25) is 0 Å². The Hall–Kier alpha value is -1.02. The second-order valence-electron chi connectivity index (χ2n) is 7.21. The lowest BCUT2D eigenvalue weighted by Crippen LogP contribution is -2.46. The van der Waals surface area contributed by atoms with Gasteiger partial charge in [-0.3, -0.25) is 0 Å². The van der Waals surface area contributed by atoms with Crippen molar-refractivity contribution in [1.82, 2.24) is 10.6 Å². The van der Waals surface area contributed by atoms with Crippen LogP contribution >= 0.6 is 24.0 Å². The quantitative estimate of drug-likeness (QED) is 0.326. The second kappa shape index (κ2) is 11.6. The molecule has 1 aromatic rings. The molecular formula is C20H35IN4O. The van der Waals surface area contributed by atoms with Gasteiger partial charge in [0.25, 0.3) is 0 Å². The highest BCUT2D eigenvalue weighted by Crippen LogP contribution is 2.43.